The largest absolute Gasteiger partial charge is 0.382 e. The van der Waals surface area contributed by atoms with Crippen molar-refractivity contribution in [3.05, 3.63) is 33.9 Å². The SMILES string of the molecule is CCOCCCNC(=O)c1cc(NN)ccc1[N+](=O)[O-]. The van der Waals surface area contributed by atoms with E-state index >= 15 is 0 Å². The number of hydrogen-bond donors (Lipinski definition) is 3. The summed E-state index contributed by atoms with van der Waals surface area (Å²) in [5.41, 5.74) is 2.49. The number of hydrazine groups is 1. The topological polar surface area (TPSA) is 120 Å². The Morgan fingerprint density at radius 1 is 1.50 bits per heavy atom. The first-order chi connectivity index (χ1) is 9.60. The number of nitro benzene ring substituents is 1. The molecule has 8 heteroatoms. The van der Waals surface area contributed by atoms with Crippen LogP contribution in [0.3, 0.4) is 0 Å². The van der Waals surface area contributed by atoms with Crippen molar-refractivity contribution < 1.29 is 14.5 Å². The molecule has 1 aromatic carbocycles. The van der Waals surface area contributed by atoms with Gasteiger partial charge in [-0.1, -0.05) is 0 Å². The second kappa shape index (κ2) is 8.08. The van der Waals surface area contributed by atoms with E-state index in [4.69, 9.17) is 10.6 Å². The van der Waals surface area contributed by atoms with Crippen LogP contribution in [-0.2, 0) is 4.74 Å². The van der Waals surface area contributed by atoms with Crippen LogP contribution in [0.15, 0.2) is 18.2 Å². The lowest BCUT2D eigenvalue weighted by molar-refractivity contribution is -0.385. The number of carbonyl (C=O) groups excluding carboxylic acids is 1. The van der Waals surface area contributed by atoms with Crippen molar-refractivity contribution in [3.63, 3.8) is 0 Å². The number of nitrogen functional groups attached to an aromatic ring is 1. The Balaban J connectivity index is 2.72. The summed E-state index contributed by atoms with van der Waals surface area (Å²) in [7, 11) is 0. The molecule has 0 radical (unpaired) electrons. The van der Waals surface area contributed by atoms with E-state index in [0.717, 1.165) is 0 Å². The Kier molecular flexibility index (Phi) is 6.41. The van der Waals surface area contributed by atoms with Crippen molar-refractivity contribution in [2.45, 2.75) is 13.3 Å². The molecule has 4 N–H and O–H groups in total. The van der Waals surface area contributed by atoms with Crippen LogP contribution in [0.1, 0.15) is 23.7 Å². The van der Waals surface area contributed by atoms with Gasteiger partial charge in [0.25, 0.3) is 11.6 Å². The van der Waals surface area contributed by atoms with Gasteiger partial charge < -0.3 is 15.5 Å². The van der Waals surface area contributed by atoms with E-state index in [1.165, 1.54) is 18.2 Å². The van der Waals surface area contributed by atoms with Crippen molar-refractivity contribution in [2.75, 3.05) is 25.2 Å². The number of benzene rings is 1. The van der Waals surface area contributed by atoms with Gasteiger partial charge in [-0.15, -0.1) is 0 Å². The van der Waals surface area contributed by atoms with Crippen LogP contribution in [0.4, 0.5) is 11.4 Å². The minimum Gasteiger partial charge on any atom is -0.382 e. The van der Waals surface area contributed by atoms with Crippen molar-refractivity contribution >= 4 is 17.3 Å². The summed E-state index contributed by atoms with van der Waals surface area (Å²) in [5.74, 6) is 4.72. The zero-order valence-corrected chi connectivity index (χ0v) is 11.2. The smallest absolute Gasteiger partial charge is 0.282 e. The first-order valence-corrected chi connectivity index (χ1v) is 6.21. The molecular weight excluding hydrogens is 264 g/mol. The summed E-state index contributed by atoms with van der Waals surface area (Å²) >= 11 is 0. The Hall–Kier alpha value is -2.19. The van der Waals surface area contributed by atoms with E-state index in [0.29, 0.717) is 31.9 Å². The van der Waals surface area contributed by atoms with E-state index in [1.807, 2.05) is 6.92 Å². The summed E-state index contributed by atoms with van der Waals surface area (Å²) in [6, 6.07) is 4.02. The van der Waals surface area contributed by atoms with Gasteiger partial charge in [0.15, 0.2) is 0 Å². The van der Waals surface area contributed by atoms with Crippen LogP contribution >= 0.6 is 0 Å². The van der Waals surface area contributed by atoms with E-state index in [-0.39, 0.29) is 11.3 Å². The molecule has 0 aliphatic heterocycles. The number of nitrogens with one attached hydrogen (secondary N) is 2. The summed E-state index contributed by atoms with van der Waals surface area (Å²) in [6.45, 7) is 3.41. The normalized spacial score (nSPS) is 10.1. The number of nitrogens with zero attached hydrogens (tertiary/aromatic N) is 1. The summed E-state index contributed by atoms with van der Waals surface area (Å²) in [6.07, 6.45) is 0.641. The van der Waals surface area contributed by atoms with Crippen molar-refractivity contribution in [1.82, 2.24) is 5.32 Å². The fourth-order valence-corrected chi connectivity index (χ4v) is 1.58. The first-order valence-electron chi connectivity index (χ1n) is 6.21. The zero-order chi connectivity index (χ0) is 15.0. The van der Waals surface area contributed by atoms with Gasteiger partial charge in [-0.25, -0.2) is 0 Å². The number of amides is 1. The molecule has 0 unspecified atom stereocenters. The highest BCUT2D eigenvalue weighted by Gasteiger charge is 2.20. The average molecular weight is 282 g/mol. The predicted octanol–water partition coefficient (Wildman–Crippen LogP) is 1.04. The number of nitrogens with two attached hydrogens (primary N) is 1. The average Bonchev–Trinajstić information content (AvgIpc) is 2.46. The van der Waals surface area contributed by atoms with Gasteiger partial charge in [0, 0.05) is 31.5 Å². The number of rotatable bonds is 8. The number of carbonyl (C=O) groups is 1. The third-order valence-electron chi connectivity index (χ3n) is 2.56. The highest BCUT2D eigenvalue weighted by atomic mass is 16.6. The number of nitro groups is 1. The van der Waals surface area contributed by atoms with Crippen molar-refractivity contribution in [3.8, 4) is 0 Å². The van der Waals surface area contributed by atoms with Crippen LogP contribution in [0.2, 0.25) is 0 Å². The highest BCUT2D eigenvalue weighted by molar-refractivity contribution is 5.99. The van der Waals surface area contributed by atoms with Gasteiger partial charge in [-0.2, -0.15) is 0 Å². The third kappa shape index (κ3) is 4.48. The standard InChI is InChI=1S/C12H18N4O4/c1-2-20-7-3-6-14-12(17)10-8-9(15-13)4-5-11(10)16(18)19/h4-5,8,15H,2-3,6-7,13H2,1H3,(H,14,17). The predicted molar refractivity (Wildman–Crippen MR) is 74.3 cm³/mol. The monoisotopic (exact) mass is 282 g/mol. The molecule has 110 valence electrons. The molecule has 1 amide bonds. The Morgan fingerprint density at radius 3 is 2.85 bits per heavy atom. The number of ether oxygens (including phenoxy) is 1. The Labute approximate surface area is 116 Å². The lowest BCUT2D eigenvalue weighted by atomic mass is 10.1. The van der Waals surface area contributed by atoms with E-state index in [2.05, 4.69) is 10.7 Å². The van der Waals surface area contributed by atoms with Gasteiger partial charge in [0.2, 0.25) is 0 Å². The molecule has 20 heavy (non-hydrogen) atoms. The quantitative estimate of drug-likeness (QED) is 0.283. The van der Waals surface area contributed by atoms with Crippen LogP contribution in [0, 0.1) is 10.1 Å². The van der Waals surface area contributed by atoms with Gasteiger partial charge in [0.1, 0.15) is 5.56 Å². The third-order valence-corrected chi connectivity index (χ3v) is 2.56. The maximum absolute atomic E-state index is 11.9. The van der Waals surface area contributed by atoms with Crippen molar-refractivity contribution in [1.29, 1.82) is 0 Å². The van der Waals surface area contributed by atoms with Gasteiger partial charge in [0.05, 0.1) is 4.92 Å². The maximum Gasteiger partial charge on any atom is 0.282 e. The summed E-state index contributed by atoms with van der Waals surface area (Å²) < 4.78 is 5.13. The molecule has 0 bridgehead atoms. The van der Waals surface area contributed by atoms with Crippen LogP contribution in [0.5, 0.6) is 0 Å². The molecule has 1 rings (SSSR count). The molecule has 0 atom stereocenters. The minimum absolute atomic E-state index is 0.0261. The first kappa shape index (κ1) is 15.9. The van der Waals surface area contributed by atoms with Gasteiger partial charge in [-0.3, -0.25) is 20.8 Å². The Bertz CT molecular complexity index is 479. The fourth-order valence-electron chi connectivity index (χ4n) is 1.58. The highest BCUT2D eigenvalue weighted by Crippen LogP contribution is 2.22. The Morgan fingerprint density at radius 2 is 2.25 bits per heavy atom. The lowest BCUT2D eigenvalue weighted by Crippen LogP contribution is -2.26. The van der Waals surface area contributed by atoms with E-state index < -0.39 is 10.8 Å². The molecule has 0 spiro atoms. The molecule has 8 nitrogen and oxygen atoms in total. The zero-order valence-electron chi connectivity index (χ0n) is 11.2. The molecule has 1 aromatic rings. The van der Waals surface area contributed by atoms with Crippen LogP contribution < -0.4 is 16.6 Å². The molecule has 0 saturated carbocycles. The van der Waals surface area contributed by atoms with Gasteiger partial charge >= 0.3 is 0 Å². The molecule has 0 saturated heterocycles. The number of hydrogen-bond acceptors (Lipinski definition) is 6. The van der Waals surface area contributed by atoms with Gasteiger partial charge in [-0.05, 0) is 25.5 Å². The van der Waals surface area contributed by atoms with E-state index in [1.54, 1.807) is 0 Å². The van der Waals surface area contributed by atoms with Crippen molar-refractivity contribution in [2.24, 2.45) is 5.84 Å². The van der Waals surface area contributed by atoms with E-state index in [9.17, 15) is 14.9 Å². The molecule has 0 aliphatic carbocycles. The number of anilines is 1. The summed E-state index contributed by atoms with van der Waals surface area (Å²) in [5, 5.41) is 13.5. The molecule has 0 fully saturated rings. The molecule has 0 aliphatic rings. The second-order valence-electron chi connectivity index (χ2n) is 3.94. The maximum atomic E-state index is 11.9. The molecular formula is C12H18N4O4. The van der Waals surface area contributed by atoms with Crippen LogP contribution in [-0.4, -0.2) is 30.6 Å². The second-order valence-corrected chi connectivity index (χ2v) is 3.94. The molecule has 0 heterocycles. The minimum atomic E-state index is -0.602. The van der Waals surface area contributed by atoms with Crippen LogP contribution in [0.25, 0.3) is 0 Å². The summed E-state index contributed by atoms with van der Waals surface area (Å²) in [4.78, 5) is 22.2. The molecule has 0 aromatic heterocycles. The lowest BCUT2D eigenvalue weighted by Gasteiger charge is -2.07. The fraction of sp³-hybridized carbons (Fsp3) is 0.417.